The van der Waals surface area contributed by atoms with Crippen LogP contribution in [0.5, 0.6) is 0 Å². The maximum absolute atomic E-state index is 13.6. The number of anilines is 2. The monoisotopic (exact) mass is 641 g/mol. The summed E-state index contributed by atoms with van der Waals surface area (Å²) in [4.78, 5) is 52.1. The number of hydrogen-bond acceptors (Lipinski definition) is 5. The molecule has 0 aliphatic carbocycles. The van der Waals surface area contributed by atoms with Crippen molar-refractivity contribution >= 4 is 52.9 Å². The second-order valence-electron chi connectivity index (χ2n) is 10.6. The first-order valence-electron chi connectivity index (χ1n) is 14.7. The van der Waals surface area contributed by atoms with E-state index in [4.69, 9.17) is 0 Å². The summed E-state index contributed by atoms with van der Waals surface area (Å²) in [6, 6.07) is 38.5. The van der Waals surface area contributed by atoms with Crippen LogP contribution in [0, 0.1) is 6.92 Å². The Bertz CT molecular complexity index is 1910. The number of carboxylic acids is 1. The number of benzene rings is 5. The second kappa shape index (κ2) is 15.4. The van der Waals surface area contributed by atoms with Crippen molar-refractivity contribution in [2.24, 2.45) is 0 Å². The Labute approximate surface area is 276 Å². The van der Waals surface area contributed by atoms with Crippen molar-refractivity contribution in [1.82, 2.24) is 5.32 Å². The fourth-order valence-electron chi connectivity index (χ4n) is 4.56. The van der Waals surface area contributed by atoms with E-state index < -0.39 is 23.0 Å². The van der Waals surface area contributed by atoms with Crippen molar-refractivity contribution in [3.63, 3.8) is 0 Å². The molecule has 8 nitrogen and oxygen atoms in total. The minimum absolute atomic E-state index is 0.0659. The van der Waals surface area contributed by atoms with Gasteiger partial charge in [0.05, 0.1) is 5.56 Å². The zero-order chi connectivity index (χ0) is 33.2. The molecule has 5 aromatic carbocycles. The molecular formula is C38H31N3O5S. The molecule has 3 amide bonds. The van der Waals surface area contributed by atoms with Crippen LogP contribution in [0.4, 0.5) is 11.4 Å². The van der Waals surface area contributed by atoms with E-state index >= 15 is 0 Å². The van der Waals surface area contributed by atoms with Crippen LogP contribution in [-0.2, 0) is 9.59 Å². The first-order chi connectivity index (χ1) is 22.7. The molecule has 1 atom stereocenters. The van der Waals surface area contributed by atoms with Crippen LogP contribution in [0.25, 0.3) is 6.08 Å². The topological polar surface area (TPSA) is 125 Å². The molecule has 0 spiro atoms. The molecular weight excluding hydrogens is 611 g/mol. The highest BCUT2D eigenvalue weighted by Crippen LogP contribution is 2.37. The number of carbonyl (C=O) groups excluding carboxylic acids is 3. The molecule has 1 unspecified atom stereocenters. The normalized spacial score (nSPS) is 11.6. The Hall–Kier alpha value is -5.93. The van der Waals surface area contributed by atoms with Gasteiger partial charge in [0.15, 0.2) is 0 Å². The summed E-state index contributed by atoms with van der Waals surface area (Å²) in [7, 11) is 0. The SMILES string of the molecule is Cc1ccc(/C=C(\NC(=O)c2ccccc2)C(=O)Nc2cccc(SC(C(=O)Nc3ccc(C(=O)O)cc3)c3ccccc3)c2)cc1. The quantitative estimate of drug-likeness (QED) is 0.0871. The van der Waals surface area contributed by atoms with E-state index in [0.29, 0.717) is 21.8 Å². The van der Waals surface area contributed by atoms with Gasteiger partial charge in [-0.3, -0.25) is 14.4 Å². The van der Waals surface area contributed by atoms with Crippen LogP contribution >= 0.6 is 11.8 Å². The van der Waals surface area contributed by atoms with E-state index in [-0.39, 0.29) is 17.2 Å². The van der Waals surface area contributed by atoms with Gasteiger partial charge in [0, 0.05) is 21.8 Å². The second-order valence-corrected chi connectivity index (χ2v) is 11.7. The molecule has 0 bridgehead atoms. The van der Waals surface area contributed by atoms with Crippen LogP contribution in [0.15, 0.2) is 144 Å². The molecule has 0 heterocycles. The van der Waals surface area contributed by atoms with Gasteiger partial charge in [-0.1, -0.05) is 84.4 Å². The number of hydrogen-bond donors (Lipinski definition) is 4. The zero-order valence-electron chi connectivity index (χ0n) is 25.3. The Balaban J connectivity index is 1.36. The van der Waals surface area contributed by atoms with E-state index in [2.05, 4.69) is 16.0 Å². The predicted octanol–water partition coefficient (Wildman–Crippen LogP) is 7.57. The number of carboxylic acid groups (broad SMARTS) is 1. The molecule has 5 aromatic rings. The average Bonchev–Trinajstić information content (AvgIpc) is 3.09. The van der Waals surface area contributed by atoms with Crippen LogP contribution < -0.4 is 16.0 Å². The molecule has 0 radical (unpaired) electrons. The number of aryl methyl sites for hydroxylation is 1. The molecule has 0 saturated heterocycles. The number of carbonyl (C=O) groups is 4. The van der Waals surface area contributed by atoms with E-state index in [9.17, 15) is 24.3 Å². The molecule has 0 aliphatic heterocycles. The van der Waals surface area contributed by atoms with Gasteiger partial charge in [-0.2, -0.15) is 0 Å². The van der Waals surface area contributed by atoms with Crippen molar-refractivity contribution in [1.29, 1.82) is 0 Å². The zero-order valence-corrected chi connectivity index (χ0v) is 26.2. The first-order valence-corrected chi connectivity index (χ1v) is 15.5. The predicted molar refractivity (Wildman–Crippen MR) is 185 cm³/mol. The summed E-state index contributed by atoms with van der Waals surface area (Å²) in [6.45, 7) is 1.97. The van der Waals surface area contributed by atoms with Crippen LogP contribution in [0.2, 0.25) is 0 Å². The van der Waals surface area contributed by atoms with Crippen molar-refractivity contribution in [2.75, 3.05) is 10.6 Å². The van der Waals surface area contributed by atoms with Crippen molar-refractivity contribution in [2.45, 2.75) is 17.1 Å². The summed E-state index contributed by atoms with van der Waals surface area (Å²) < 4.78 is 0. The lowest BCUT2D eigenvalue weighted by molar-refractivity contribution is -0.116. The van der Waals surface area contributed by atoms with E-state index in [1.807, 2.05) is 73.7 Å². The van der Waals surface area contributed by atoms with E-state index in [1.165, 1.54) is 23.9 Å². The summed E-state index contributed by atoms with van der Waals surface area (Å²) in [5.74, 6) is -2.29. The van der Waals surface area contributed by atoms with Gasteiger partial charge >= 0.3 is 5.97 Å². The van der Waals surface area contributed by atoms with E-state index in [1.54, 1.807) is 60.7 Å². The molecule has 0 aromatic heterocycles. The van der Waals surface area contributed by atoms with Crippen molar-refractivity contribution < 1.29 is 24.3 Å². The fourth-order valence-corrected chi connectivity index (χ4v) is 5.64. The molecule has 9 heteroatoms. The molecule has 4 N–H and O–H groups in total. The summed E-state index contributed by atoms with van der Waals surface area (Å²) in [5.41, 5.74) is 4.11. The number of rotatable bonds is 11. The van der Waals surface area contributed by atoms with Gasteiger partial charge in [0.1, 0.15) is 10.9 Å². The van der Waals surface area contributed by atoms with Gasteiger partial charge in [-0.15, -0.1) is 11.8 Å². The number of nitrogens with one attached hydrogen (secondary N) is 3. The van der Waals surface area contributed by atoms with Gasteiger partial charge in [-0.05, 0) is 78.7 Å². The summed E-state index contributed by atoms with van der Waals surface area (Å²) in [6.07, 6.45) is 1.62. The highest BCUT2D eigenvalue weighted by molar-refractivity contribution is 8.00. The number of thioether (sulfide) groups is 1. The molecule has 0 aliphatic rings. The maximum Gasteiger partial charge on any atom is 0.335 e. The third-order valence-corrected chi connectivity index (χ3v) is 8.25. The van der Waals surface area contributed by atoms with Gasteiger partial charge < -0.3 is 21.1 Å². The first kappa shape index (κ1) is 32.5. The van der Waals surface area contributed by atoms with Crippen LogP contribution in [-0.4, -0.2) is 28.8 Å². The van der Waals surface area contributed by atoms with Gasteiger partial charge in [0.2, 0.25) is 5.91 Å². The smallest absolute Gasteiger partial charge is 0.335 e. The lowest BCUT2D eigenvalue weighted by Gasteiger charge is -2.18. The highest BCUT2D eigenvalue weighted by atomic mass is 32.2. The average molecular weight is 642 g/mol. The van der Waals surface area contributed by atoms with E-state index in [0.717, 1.165) is 16.7 Å². The van der Waals surface area contributed by atoms with Crippen LogP contribution in [0.1, 0.15) is 42.7 Å². The minimum atomic E-state index is -1.05. The molecule has 0 saturated carbocycles. The van der Waals surface area contributed by atoms with Crippen molar-refractivity contribution in [3.8, 4) is 0 Å². The highest BCUT2D eigenvalue weighted by Gasteiger charge is 2.23. The molecule has 5 rings (SSSR count). The van der Waals surface area contributed by atoms with Gasteiger partial charge in [-0.25, -0.2) is 4.79 Å². The summed E-state index contributed by atoms with van der Waals surface area (Å²) >= 11 is 1.30. The third-order valence-electron chi connectivity index (χ3n) is 7.00. The largest absolute Gasteiger partial charge is 0.478 e. The Kier molecular flexibility index (Phi) is 10.6. The standard InChI is InChI=1S/C38H31N3O5S/c1-25-15-17-26(18-16-25)23-33(41-35(42)28-11-6-3-7-12-28)36(43)40-31-13-8-14-32(24-31)47-34(27-9-4-2-5-10-27)37(44)39-30-21-19-29(20-22-30)38(45)46/h2-24,34H,1H3,(H,39,44)(H,40,43)(H,41,42)(H,45,46)/b33-23-. The lowest BCUT2D eigenvalue weighted by atomic mass is 10.1. The molecule has 0 fully saturated rings. The minimum Gasteiger partial charge on any atom is -0.478 e. The molecule has 47 heavy (non-hydrogen) atoms. The fraction of sp³-hybridized carbons (Fsp3) is 0.0526. The summed E-state index contributed by atoms with van der Waals surface area (Å²) in [5, 5.41) is 17.0. The van der Waals surface area contributed by atoms with Crippen LogP contribution in [0.3, 0.4) is 0 Å². The lowest BCUT2D eigenvalue weighted by Crippen LogP contribution is -2.30. The Morgan fingerprint density at radius 2 is 1.34 bits per heavy atom. The van der Waals surface area contributed by atoms with Crippen molar-refractivity contribution in [3.05, 3.63) is 167 Å². The molecule has 234 valence electrons. The van der Waals surface area contributed by atoms with Gasteiger partial charge in [0.25, 0.3) is 11.8 Å². The third kappa shape index (κ3) is 9.06. The Morgan fingerprint density at radius 3 is 2.00 bits per heavy atom. The number of aromatic carboxylic acids is 1. The Morgan fingerprint density at radius 1 is 0.681 bits per heavy atom. The maximum atomic E-state index is 13.6. The number of amides is 3.